The van der Waals surface area contributed by atoms with Gasteiger partial charge in [-0.25, -0.2) is 19.4 Å². The lowest BCUT2D eigenvalue weighted by atomic mass is 9.93. The molecule has 2 heterocycles. The van der Waals surface area contributed by atoms with Crippen molar-refractivity contribution in [2.24, 2.45) is 0 Å². The van der Waals surface area contributed by atoms with E-state index in [0.29, 0.717) is 24.2 Å². The lowest BCUT2D eigenvalue weighted by Crippen LogP contribution is -2.30. The number of nitrogens with zero attached hydrogens (tertiary/aromatic N) is 4. The lowest BCUT2D eigenvalue weighted by Gasteiger charge is -2.20. The number of carbonyl (C=O) groups is 1. The van der Waals surface area contributed by atoms with E-state index in [4.69, 9.17) is 0 Å². The number of amides is 2. The Kier molecular flexibility index (Phi) is 6.03. The van der Waals surface area contributed by atoms with E-state index in [9.17, 15) is 4.79 Å². The molecule has 0 saturated heterocycles. The highest BCUT2D eigenvalue weighted by atomic mass is 16.2. The number of anilines is 1. The summed E-state index contributed by atoms with van der Waals surface area (Å²) in [6.45, 7) is 8.84. The van der Waals surface area contributed by atoms with Crippen molar-refractivity contribution in [3.8, 4) is 5.82 Å². The molecule has 7 nitrogen and oxygen atoms in total. The fourth-order valence-electron chi connectivity index (χ4n) is 3.12. The van der Waals surface area contributed by atoms with Crippen LogP contribution in [0.1, 0.15) is 56.2 Å². The maximum atomic E-state index is 12.7. The summed E-state index contributed by atoms with van der Waals surface area (Å²) in [6.07, 6.45) is 4.73. The Hall–Kier alpha value is -3.22. The summed E-state index contributed by atoms with van der Waals surface area (Å²) >= 11 is 0. The Labute approximate surface area is 165 Å². The van der Waals surface area contributed by atoms with Gasteiger partial charge in [0.15, 0.2) is 5.82 Å². The Morgan fingerprint density at radius 2 is 1.79 bits per heavy atom. The van der Waals surface area contributed by atoms with Crippen molar-refractivity contribution in [3.05, 3.63) is 65.9 Å². The van der Waals surface area contributed by atoms with Gasteiger partial charge in [0, 0.05) is 24.0 Å². The SMILES string of the molecule is CC(C)c1cccc(C(C)C)c1NC(=O)NCc1cccnc1-n1cncn1. The van der Waals surface area contributed by atoms with Crippen molar-refractivity contribution in [1.29, 1.82) is 0 Å². The zero-order chi connectivity index (χ0) is 20.1. The number of nitrogens with one attached hydrogen (secondary N) is 2. The molecule has 3 aromatic rings. The van der Waals surface area contributed by atoms with Crippen LogP contribution in [0.3, 0.4) is 0 Å². The molecule has 2 aromatic heterocycles. The van der Waals surface area contributed by atoms with E-state index >= 15 is 0 Å². The van der Waals surface area contributed by atoms with Gasteiger partial charge in [0.25, 0.3) is 0 Å². The molecule has 0 aliphatic carbocycles. The van der Waals surface area contributed by atoms with Gasteiger partial charge < -0.3 is 10.6 Å². The summed E-state index contributed by atoms with van der Waals surface area (Å²) in [5.41, 5.74) is 4.01. The van der Waals surface area contributed by atoms with Crippen LogP contribution in [0.5, 0.6) is 0 Å². The van der Waals surface area contributed by atoms with Gasteiger partial charge in [0.2, 0.25) is 0 Å². The monoisotopic (exact) mass is 378 g/mol. The molecule has 7 heteroatoms. The minimum Gasteiger partial charge on any atom is -0.334 e. The molecule has 0 atom stereocenters. The zero-order valence-corrected chi connectivity index (χ0v) is 16.7. The van der Waals surface area contributed by atoms with E-state index in [1.54, 1.807) is 17.2 Å². The summed E-state index contributed by atoms with van der Waals surface area (Å²) in [5.74, 6) is 1.27. The highest BCUT2D eigenvalue weighted by Gasteiger charge is 2.16. The Balaban J connectivity index is 1.76. The molecule has 28 heavy (non-hydrogen) atoms. The molecule has 0 aliphatic rings. The van der Waals surface area contributed by atoms with Gasteiger partial charge in [-0.15, -0.1) is 0 Å². The second-order valence-electron chi connectivity index (χ2n) is 7.25. The summed E-state index contributed by atoms with van der Waals surface area (Å²) in [6, 6.07) is 9.68. The molecule has 0 fully saturated rings. The minimum absolute atomic E-state index is 0.247. The maximum absolute atomic E-state index is 12.7. The number of para-hydroxylation sites is 1. The predicted octanol–water partition coefficient (Wildman–Crippen LogP) is 4.23. The molecule has 0 spiro atoms. The first-order valence-electron chi connectivity index (χ1n) is 9.44. The van der Waals surface area contributed by atoms with Crippen LogP contribution in [0.25, 0.3) is 5.82 Å². The first-order valence-corrected chi connectivity index (χ1v) is 9.44. The van der Waals surface area contributed by atoms with Crippen LogP contribution in [0.15, 0.2) is 49.2 Å². The molecule has 0 saturated carbocycles. The minimum atomic E-state index is -0.247. The fraction of sp³-hybridized carbons (Fsp3) is 0.333. The van der Waals surface area contributed by atoms with E-state index in [-0.39, 0.29) is 6.03 Å². The quantitative estimate of drug-likeness (QED) is 0.672. The number of urea groups is 1. The third-order valence-corrected chi connectivity index (χ3v) is 4.55. The van der Waals surface area contributed by atoms with Crippen molar-refractivity contribution >= 4 is 11.7 Å². The predicted molar refractivity (Wildman–Crippen MR) is 110 cm³/mol. The Morgan fingerprint density at radius 3 is 2.39 bits per heavy atom. The number of pyridine rings is 1. The van der Waals surface area contributed by atoms with Gasteiger partial charge in [0.05, 0.1) is 0 Å². The van der Waals surface area contributed by atoms with E-state index in [0.717, 1.165) is 22.4 Å². The van der Waals surface area contributed by atoms with Gasteiger partial charge >= 0.3 is 6.03 Å². The highest BCUT2D eigenvalue weighted by molar-refractivity contribution is 5.91. The van der Waals surface area contributed by atoms with E-state index < -0.39 is 0 Å². The number of hydrogen-bond donors (Lipinski definition) is 2. The van der Waals surface area contributed by atoms with Crippen LogP contribution in [0, 0.1) is 0 Å². The Bertz CT molecular complexity index is 908. The molecule has 0 aliphatic heterocycles. The van der Waals surface area contributed by atoms with Crippen molar-refractivity contribution in [1.82, 2.24) is 25.1 Å². The van der Waals surface area contributed by atoms with Crippen molar-refractivity contribution in [3.63, 3.8) is 0 Å². The van der Waals surface area contributed by atoms with Crippen molar-refractivity contribution < 1.29 is 4.79 Å². The van der Waals surface area contributed by atoms with Gasteiger partial charge in [-0.3, -0.25) is 0 Å². The van der Waals surface area contributed by atoms with E-state index in [2.05, 4.69) is 65.5 Å². The van der Waals surface area contributed by atoms with E-state index in [1.165, 1.54) is 6.33 Å². The van der Waals surface area contributed by atoms with E-state index in [1.807, 2.05) is 18.2 Å². The van der Waals surface area contributed by atoms with Crippen LogP contribution < -0.4 is 10.6 Å². The van der Waals surface area contributed by atoms with Crippen LogP contribution in [-0.2, 0) is 6.54 Å². The van der Waals surface area contributed by atoms with Gasteiger partial charge in [-0.1, -0.05) is 52.0 Å². The van der Waals surface area contributed by atoms with Crippen LogP contribution in [0.4, 0.5) is 10.5 Å². The average molecular weight is 378 g/mol. The molecule has 2 N–H and O–H groups in total. The lowest BCUT2D eigenvalue weighted by molar-refractivity contribution is 0.251. The van der Waals surface area contributed by atoms with Crippen molar-refractivity contribution in [2.45, 2.75) is 46.1 Å². The third-order valence-electron chi connectivity index (χ3n) is 4.55. The first kappa shape index (κ1) is 19.5. The Morgan fingerprint density at radius 1 is 1.07 bits per heavy atom. The number of aromatic nitrogens is 4. The highest BCUT2D eigenvalue weighted by Crippen LogP contribution is 2.32. The topological polar surface area (TPSA) is 84.7 Å². The molecule has 146 valence electrons. The van der Waals surface area contributed by atoms with Gasteiger partial charge in [-0.05, 0) is 29.0 Å². The number of carbonyl (C=O) groups excluding carboxylic acids is 1. The maximum Gasteiger partial charge on any atom is 0.319 e. The van der Waals surface area contributed by atoms with Crippen LogP contribution >= 0.6 is 0 Å². The normalized spacial score (nSPS) is 11.1. The smallest absolute Gasteiger partial charge is 0.319 e. The third kappa shape index (κ3) is 4.36. The van der Waals surface area contributed by atoms with Gasteiger partial charge in [-0.2, -0.15) is 5.10 Å². The summed E-state index contributed by atoms with van der Waals surface area (Å²) < 4.78 is 1.58. The van der Waals surface area contributed by atoms with Crippen molar-refractivity contribution in [2.75, 3.05) is 5.32 Å². The number of rotatable bonds is 6. The number of benzene rings is 1. The second-order valence-corrected chi connectivity index (χ2v) is 7.25. The summed E-state index contributed by atoms with van der Waals surface area (Å²) in [4.78, 5) is 21.0. The molecule has 2 amide bonds. The van der Waals surface area contributed by atoms with Crippen LogP contribution in [0.2, 0.25) is 0 Å². The second kappa shape index (κ2) is 8.65. The first-order chi connectivity index (χ1) is 13.5. The molecule has 0 radical (unpaired) electrons. The average Bonchev–Trinajstić information content (AvgIpc) is 3.21. The summed E-state index contributed by atoms with van der Waals surface area (Å²) in [7, 11) is 0. The largest absolute Gasteiger partial charge is 0.334 e. The van der Waals surface area contributed by atoms with Crippen LogP contribution in [-0.4, -0.2) is 25.8 Å². The number of hydrogen-bond acceptors (Lipinski definition) is 4. The molecular formula is C21H26N6O. The molecule has 3 rings (SSSR count). The molecule has 0 unspecified atom stereocenters. The molecule has 1 aromatic carbocycles. The fourth-order valence-corrected chi connectivity index (χ4v) is 3.12. The molecule has 0 bridgehead atoms. The van der Waals surface area contributed by atoms with Gasteiger partial charge in [0.1, 0.15) is 12.7 Å². The zero-order valence-electron chi connectivity index (χ0n) is 16.7. The summed E-state index contributed by atoms with van der Waals surface area (Å²) in [5, 5.41) is 10.1. The molecular weight excluding hydrogens is 352 g/mol. The standard InChI is InChI=1S/C21H26N6O/c1-14(2)17-8-5-9-18(15(3)4)19(17)26-21(28)24-11-16-7-6-10-23-20(16)27-13-22-12-25-27/h5-10,12-15H,11H2,1-4H3,(H2,24,26,28).